The van der Waals surface area contributed by atoms with E-state index in [-0.39, 0.29) is 24.0 Å². The average Bonchev–Trinajstić information content (AvgIpc) is 3.55. The molecule has 5 nitrogen and oxygen atoms in total. The molecule has 3 aliphatic rings. The van der Waals surface area contributed by atoms with E-state index in [1.165, 1.54) is 0 Å². The normalized spacial score (nSPS) is 28.7. The van der Waals surface area contributed by atoms with Crippen molar-refractivity contribution in [3.05, 3.63) is 33.8 Å². The Labute approximate surface area is 188 Å². The van der Waals surface area contributed by atoms with Crippen molar-refractivity contribution in [2.45, 2.75) is 62.8 Å². The van der Waals surface area contributed by atoms with Gasteiger partial charge >= 0.3 is 6.03 Å². The lowest BCUT2D eigenvalue weighted by molar-refractivity contribution is 0.104. The van der Waals surface area contributed by atoms with Gasteiger partial charge in [-0.25, -0.2) is 9.18 Å². The Morgan fingerprint density at radius 2 is 1.93 bits per heavy atom. The standard InChI is InChI=1S/C22H31Cl2FN4O/c23-17-3-1-2-16(21(17)24)20(29-10-8-26-9-11-29)13-14-4-7-19(18(25)12-14)28-22(30)27-15-5-6-15/h1-3,14-15,18-20,26H,4-13H2,(H2,27,28,30). The zero-order chi connectivity index (χ0) is 21.1. The average molecular weight is 457 g/mol. The van der Waals surface area contributed by atoms with Gasteiger partial charge in [-0.3, -0.25) is 4.90 Å². The Kier molecular flexibility index (Phi) is 7.40. The van der Waals surface area contributed by atoms with Gasteiger partial charge in [-0.05, 0) is 56.1 Å². The second-order valence-electron chi connectivity index (χ2n) is 8.87. The van der Waals surface area contributed by atoms with E-state index in [4.69, 9.17) is 23.2 Å². The fourth-order valence-corrected chi connectivity index (χ4v) is 5.19. The smallest absolute Gasteiger partial charge is 0.315 e. The number of nitrogens with zero attached hydrogens (tertiary/aromatic N) is 1. The maximum absolute atomic E-state index is 14.9. The van der Waals surface area contributed by atoms with Crippen LogP contribution in [-0.2, 0) is 0 Å². The predicted octanol–water partition coefficient (Wildman–Crippen LogP) is 4.30. The lowest BCUT2D eigenvalue weighted by Crippen LogP contribution is -2.50. The van der Waals surface area contributed by atoms with Crippen LogP contribution in [0.1, 0.15) is 50.1 Å². The number of piperazine rings is 1. The van der Waals surface area contributed by atoms with Crippen LogP contribution in [0, 0.1) is 5.92 Å². The largest absolute Gasteiger partial charge is 0.335 e. The summed E-state index contributed by atoms with van der Waals surface area (Å²) in [6.07, 6.45) is 3.91. The van der Waals surface area contributed by atoms with E-state index in [9.17, 15) is 9.18 Å². The molecule has 8 heteroatoms. The van der Waals surface area contributed by atoms with Gasteiger partial charge in [0.2, 0.25) is 0 Å². The number of urea groups is 1. The van der Waals surface area contributed by atoms with Crippen LogP contribution in [0.3, 0.4) is 0 Å². The van der Waals surface area contributed by atoms with Crippen molar-refractivity contribution >= 4 is 29.2 Å². The van der Waals surface area contributed by atoms with Gasteiger partial charge in [0.15, 0.2) is 0 Å². The number of amides is 2. The van der Waals surface area contributed by atoms with Crippen LogP contribution in [-0.4, -0.2) is 55.4 Å². The zero-order valence-electron chi connectivity index (χ0n) is 17.2. The molecule has 0 radical (unpaired) electrons. The fourth-order valence-electron chi connectivity index (χ4n) is 4.76. The number of nitrogens with one attached hydrogen (secondary N) is 3. The summed E-state index contributed by atoms with van der Waals surface area (Å²) >= 11 is 12.9. The van der Waals surface area contributed by atoms with Gasteiger partial charge in [0.05, 0.1) is 16.1 Å². The van der Waals surface area contributed by atoms with Gasteiger partial charge in [0.1, 0.15) is 6.17 Å². The first-order chi connectivity index (χ1) is 14.5. The highest BCUT2D eigenvalue weighted by molar-refractivity contribution is 6.42. The van der Waals surface area contributed by atoms with E-state index in [0.29, 0.717) is 22.9 Å². The van der Waals surface area contributed by atoms with Crippen LogP contribution in [0.25, 0.3) is 0 Å². The Bertz CT molecular complexity index is 742. The van der Waals surface area contributed by atoms with Crippen molar-refractivity contribution < 1.29 is 9.18 Å². The Balaban J connectivity index is 1.40. The predicted molar refractivity (Wildman–Crippen MR) is 119 cm³/mol. The first-order valence-electron chi connectivity index (χ1n) is 11.1. The van der Waals surface area contributed by atoms with Crippen molar-refractivity contribution in [3.63, 3.8) is 0 Å². The van der Waals surface area contributed by atoms with E-state index in [1.807, 2.05) is 18.2 Å². The second kappa shape index (κ2) is 10.0. The number of hydrogen-bond acceptors (Lipinski definition) is 3. The summed E-state index contributed by atoms with van der Waals surface area (Å²) in [7, 11) is 0. The third-order valence-corrected chi connectivity index (χ3v) is 7.43. The molecule has 2 aliphatic carbocycles. The van der Waals surface area contributed by atoms with Crippen molar-refractivity contribution in [1.82, 2.24) is 20.9 Å². The summed E-state index contributed by atoms with van der Waals surface area (Å²) in [6.45, 7) is 3.75. The van der Waals surface area contributed by atoms with Crippen LogP contribution >= 0.6 is 23.2 Å². The quantitative estimate of drug-likeness (QED) is 0.597. The molecule has 30 heavy (non-hydrogen) atoms. The first kappa shape index (κ1) is 22.1. The Hall–Kier alpha value is -1.08. The molecule has 0 spiro atoms. The zero-order valence-corrected chi connectivity index (χ0v) is 18.7. The number of hydrogen-bond donors (Lipinski definition) is 3. The summed E-state index contributed by atoms with van der Waals surface area (Å²) in [6, 6.07) is 5.57. The van der Waals surface area contributed by atoms with Gasteiger partial charge in [-0.1, -0.05) is 35.3 Å². The third-order valence-electron chi connectivity index (χ3n) is 6.60. The molecule has 0 aromatic heterocycles. The van der Waals surface area contributed by atoms with Crippen molar-refractivity contribution in [3.8, 4) is 0 Å². The van der Waals surface area contributed by atoms with Gasteiger partial charge in [0.25, 0.3) is 0 Å². The van der Waals surface area contributed by atoms with Crippen molar-refractivity contribution in [1.29, 1.82) is 0 Å². The van der Waals surface area contributed by atoms with Crippen LogP contribution in [0.5, 0.6) is 0 Å². The summed E-state index contributed by atoms with van der Waals surface area (Å²) in [5.41, 5.74) is 1.03. The molecule has 1 aliphatic heterocycles. The summed E-state index contributed by atoms with van der Waals surface area (Å²) < 4.78 is 14.9. The van der Waals surface area contributed by atoms with Crippen molar-refractivity contribution in [2.75, 3.05) is 26.2 Å². The molecule has 4 rings (SSSR count). The number of carbonyl (C=O) groups excluding carboxylic acids is 1. The maximum Gasteiger partial charge on any atom is 0.315 e. The van der Waals surface area contributed by atoms with Gasteiger partial charge < -0.3 is 16.0 Å². The van der Waals surface area contributed by atoms with E-state index in [2.05, 4.69) is 20.9 Å². The molecule has 3 fully saturated rings. The molecule has 2 saturated carbocycles. The minimum atomic E-state index is -1.02. The summed E-state index contributed by atoms with van der Waals surface area (Å²) in [5.74, 6) is 0.250. The molecule has 0 bridgehead atoms. The minimum absolute atomic E-state index is 0.123. The second-order valence-corrected chi connectivity index (χ2v) is 9.66. The van der Waals surface area contributed by atoms with Gasteiger partial charge in [0, 0.05) is 38.3 Å². The van der Waals surface area contributed by atoms with Crippen LogP contribution in [0.15, 0.2) is 18.2 Å². The number of alkyl halides is 1. The van der Waals surface area contributed by atoms with Crippen molar-refractivity contribution in [2.24, 2.45) is 5.92 Å². The molecule has 166 valence electrons. The first-order valence-corrected chi connectivity index (χ1v) is 11.9. The highest BCUT2D eigenvalue weighted by Crippen LogP contribution is 2.40. The SMILES string of the molecule is O=C(NC1CC1)NC1CCC(CC(c2cccc(Cl)c2Cl)N2CCNCC2)CC1F. The lowest BCUT2D eigenvalue weighted by Gasteiger charge is -2.39. The highest BCUT2D eigenvalue weighted by Gasteiger charge is 2.35. The van der Waals surface area contributed by atoms with E-state index < -0.39 is 12.2 Å². The Morgan fingerprint density at radius 3 is 2.63 bits per heavy atom. The van der Waals surface area contributed by atoms with Crippen LogP contribution < -0.4 is 16.0 Å². The number of carbonyl (C=O) groups is 1. The third kappa shape index (κ3) is 5.58. The van der Waals surface area contributed by atoms with E-state index >= 15 is 0 Å². The van der Waals surface area contributed by atoms with Crippen LogP contribution in [0.2, 0.25) is 10.0 Å². The summed E-state index contributed by atoms with van der Waals surface area (Å²) in [4.78, 5) is 14.4. The van der Waals surface area contributed by atoms with E-state index in [0.717, 1.165) is 57.4 Å². The van der Waals surface area contributed by atoms with Crippen LogP contribution in [0.4, 0.5) is 9.18 Å². The topological polar surface area (TPSA) is 56.4 Å². The number of benzene rings is 1. The molecule has 4 atom stereocenters. The molecule has 4 unspecified atom stereocenters. The molecular formula is C22H31Cl2FN4O. The van der Waals surface area contributed by atoms with Gasteiger partial charge in [-0.15, -0.1) is 0 Å². The molecule has 1 aromatic carbocycles. The molecule has 2 amide bonds. The molecule has 3 N–H and O–H groups in total. The number of halogens is 3. The molecule has 1 heterocycles. The van der Waals surface area contributed by atoms with Gasteiger partial charge in [-0.2, -0.15) is 0 Å². The maximum atomic E-state index is 14.9. The summed E-state index contributed by atoms with van der Waals surface area (Å²) in [5, 5.41) is 10.3. The highest BCUT2D eigenvalue weighted by atomic mass is 35.5. The molecule has 1 aromatic rings. The molecule has 1 saturated heterocycles. The minimum Gasteiger partial charge on any atom is -0.335 e. The van der Waals surface area contributed by atoms with E-state index in [1.54, 1.807) is 0 Å². The monoisotopic (exact) mass is 456 g/mol. The molecular weight excluding hydrogens is 426 g/mol. The Morgan fingerprint density at radius 1 is 1.17 bits per heavy atom. The lowest BCUT2D eigenvalue weighted by atomic mass is 9.79. The number of rotatable bonds is 6. The fraction of sp³-hybridized carbons (Fsp3) is 0.682.